The molecule has 0 spiro atoms. The Morgan fingerprint density at radius 3 is 2.35 bits per heavy atom. The second-order valence-corrected chi connectivity index (χ2v) is 6.26. The van der Waals surface area contributed by atoms with E-state index in [4.69, 9.17) is 0 Å². The second kappa shape index (κ2) is 7.08. The number of hydrogen-bond acceptors (Lipinski definition) is 2. The first-order chi connectivity index (χ1) is 12.4. The Bertz CT molecular complexity index is 944. The van der Waals surface area contributed by atoms with Gasteiger partial charge in [-0.3, -0.25) is 4.99 Å². The maximum Gasteiger partial charge on any atom is 0.270 e. The Morgan fingerprint density at radius 1 is 0.962 bits per heavy atom. The fraction of sp³-hybridized carbons (Fsp3) is 0.136. The van der Waals surface area contributed by atoms with Crippen molar-refractivity contribution in [3.05, 3.63) is 83.4 Å². The zero-order valence-electron chi connectivity index (χ0n) is 14.6. The van der Waals surface area contributed by atoms with E-state index in [-0.39, 0.29) is 11.3 Å². The quantitative estimate of drug-likeness (QED) is 0.555. The van der Waals surface area contributed by atoms with Crippen LogP contribution in [0, 0.1) is 6.92 Å². The van der Waals surface area contributed by atoms with Crippen LogP contribution >= 0.6 is 0 Å². The molecule has 3 rings (SSSR count). The topological polar surface area (TPSA) is 32.6 Å². The summed E-state index contributed by atoms with van der Waals surface area (Å²) in [7, 11) is 0. The molecule has 3 aromatic rings. The van der Waals surface area contributed by atoms with Crippen LogP contribution in [0.1, 0.15) is 23.6 Å². The number of aliphatic imine (C=N–C) groups is 1. The maximum atomic E-state index is 13.4. The molecule has 0 aliphatic carbocycles. The van der Waals surface area contributed by atoms with Crippen molar-refractivity contribution in [3.63, 3.8) is 0 Å². The van der Waals surface area contributed by atoms with E-state index in [1.807, 2.05) is 42.5 Å². The highest BCUT2D eigenvalue weighted by atomic mass is 19.3. The van der Waals surface area contributed by atoms with E-state index >= 15 is 0 Å². The van der Waals surface area contributed by atoms with Gasteiger partial charge in [-0.2, -0.15) is 0 Å². The van der Waals surface area contributed by atoms with E-state index in [2.05, 4.69) is 4.99 Å². The first kappa shape index (κ1) is 17.8. The summed E-state index contributed by atoms with van der Waals surface area (Å²) in [6.07, 6.45) is 1.55. The number of benzene rings is 3. The summed E-state index contributed by atoms with van der Waals surface area (Å²) in [4.78, 5) is 4.36. The fourth-order valence-electron chi connectivity index (χ4n) is 2.73. The molecule has 4 heteroatoms. The van der Waals surface area contributed by atoms with Crippen molar-refractivity contribution >= 4 is 11.9 Å². The first-order valence-corrected chi connectivity index (χ1v) is 8.26. The predicted molar refractivity (Wildman–Crippen MR) is 102 cm³/mol. The number of para-hydroxylation sites is 1. The van der Waals surface area contributed by atoms with E-state index in [1.54, 1.807) is 25.3 Å². The van der Waals surface area contributed by atoms with E-state index in [0.717, 1.165) is 12.5 Å². The Hall–Kier alpha value is -3.01. The third kappa shape index (κ3) is 3.80. The zero-order chi connectivity index (χ0) is 18.7. The summed E-state index contributed by atoms with van der Waals surface area (Å²) in [6.45, 7) is 2.61. The van der Waals surface area contributed by atoms with Crippen LogP contribution in [-0.4, -0.2) is 11.3 Å². The first-order valence-electron chi connectivity index (χ1n) is 8.26. The van der Waals surface area contributed by atoms with Crippen molar-refractivity contribution in [2.75, 3.05) is 0 Å². The van der Waals surface area contributed by atoms with Gasteiger partial charge < -0.3 is 5.11 Å². The average molecular weight is 351 g/mol. The average Bonchev–Trinajstić information content (AvgIpc) is 2.61. The van der Waals surface area contributed by atoms with Gasteiger partial charge in [0.2, 0.25) is 0 Å². The van der Waals surface area contributed by atoms with Gasteiger partial charge in [0.25, 0.3) is 5.92 Å². The van der Waals surface area contributed by atoms with Crippen molar-refractivity contribution < 1.29 is 13.9 Å². The molecule has 0 radical (unpaired) electrons. The molecule has 0 amide bonds. The second-order valence-electron chi connectivity index (χ2n) is 6.26. The van der Waals surface area contributed by atoms with Crippen LogP contribution in [-0.2, 0) is 5.92 Å². The number of phenols is 1. The van der Waals surface area contributed by atoms with Gasteiger partial charge in [0.15, 0.2) is 0 Å². The molecule has 2 nitrogen and oxygen atoms in total. The minimum atomic E-state index is -2.88. The van der Waals surface area contributed by atoms with Gasteiger partial charge >= 0.3 is 0 Å². The Balaban J connectivity index is 1.92. The molecule has 0 saturated carbocycles. The normalized spacial score (nSPS) is 11.8. The van der Waals surface area contributed by atoms with Crippen LogP contribution in [0.2, 0.25) is 0 Å². The van der Waals surface area contributed by atoms with Gasteiger partial charge in [-0.1, -0.05) is 48.5 Å². The van der Waals surface area contributed by atoms with E-state index in [1.165, 1.54) is 12.1 Å². The molecule has 0 atom stereocenters. The predicted octanol–water partition coefficient (Wildman–Crippen LogP) is 6.23. The summed E-state index contributed by atoms with van der Waals surface area (Å²) in [5.41, 5.74) is 3.39. The summed E-state index contributed by atoms with van der Waals surface area (Å²) in [5, 5.41) is 10.5. The maximum absolute atomic E-state index is 13.4. The van der Waals surface area contributed by atoms with Crippen molar-refractivity contribution in [1.82, 2.24) is 0 Å². The van der Waals surface area contributed by atoms with E-state index in [0.29, 0.717) is 22.4 Å². The molecule has 0 aliphatic heterocycles. The highest BCUT2D eigenvalue weighted by Crippen LogP contribution is 2.33. The lowest BCUT2D eigenvalue weighted by atomic mass is 10.0. The third-order valence-corrected chi connectivity index (χ3v) is 4.20. The van der Waals surface area contributed by atoms with Crippen LogP contribution in [0.5, 0.6) is 5.75 Å². The standard InChI is InChI=1S/C22H19F2NO/c1-15-13-18(22(2,23)24)11-12-20(15)25-14-17-9-6-10-19(21(17)26)16-7-4-3-5-8-16/h3-14,26H,1-2H3. The van der Waals surface area contributed by atoms with Gasteiger partial charge in [0.05, 0.1) is 5.69 Å². The summed E-state index contributed by atoms with van der Waals surface area (Å²) < 4.78 is 26.8. The Kier molecular flexibility index (Phi) is 4.85. The number of phenolic OH excluding ortho intramolecular Hbond substituents is 1. The van der Waals surface area contributed by atoms with Crippen molar-refractivity contribution in [2.45, 2.75) is 19.8 Å². The molecule has 26 heavy (non-hydrogen) atoms. The van der Waals surface area contributed by atoms with Crippen LogP contribution in [0.25, 0.3) is 11.1 Å². The van der Waals surface area contributed by atoms with Crippen LogP contribution in [0.4, 0.5) is 14.5 Å². The smallest absolute Gasteiger partial charge is 0.270 e. The van der Waals surface area contributed by atoms with Gasteiger partial charge in [0.1, 0.15) is 5.75 Å². The van der Waals surface area contributed by atoms with Crippen LogP contribution < -0.4 is 0 Å². The summed E-state index contributed by atoms with van der Waals surface area (Å²) in [6, 6.07) is 19.4. The van der Waals surface area contributed by atoms with Crippen molar-refractivity contribution in [2.24, 2.45) is 4.99 Å². The lowest BCUT2D eigenvalue weighted by molar-refractivity contribution is 0.0174. The summed E-state index contributed by atoms with van der Waals surface area (Å²) >= 11 is 0. The van der Waals surface area contributed by atoms with Gasteiger partial charge in [-0.15, -0.1) is 0 Å². The number of aryl methyl sites for hydroxylation is 1. The van der Waals surface area contributed by atoms with Crippen molar-refractivity contribution in [1.29, 1.82) is 0 Å². The van der Waals surface area contributed by atoms with E-state index in [9.17, 15) is 13.9 Å². The third-order valence-electron chi connectivity index (χ3n) is 4.20. The number of alkyl halides is 2. The van der Waals surface area contributed by atoms with Gasteiger partial charge in [0, 0.05) is 29.8 Å². The number of rotatable bonds is 4. The number of aromatic hydroxyl groups is 1. The molecular formula is C22H19F2NO. The molecule has 0 aliphatic rings. The van der Waals surface area contributed by atoms with Gasteiger partial charge in [-0.05, 0) is 36.2 Å². The molecule has 0 unspecified atom stereocenters. The minimum absolute atomic E-state index is 0.0390. The SMILES string of the molecule is Cc1cc(C(C)(F)F)ccc1N=Cc1cccc(-c2ccccc2)c1O. The lowest BCUT2D eigenvalue weighted by Gasteiger charge is -2.12. The fourth-order valence-corrected chi connectivity index (χ4v) is 2.73. The molecule has 3 aromatic carbocycles. The molecule has 0 heterocycles. The molecule has 0 saturated heterocycles. The van der Waals surface area contributed by atoms with Crippen LogP contribution in [0.3, 0.4) is 0 Å². The molecule has 1 N–H and O–H groups in total. The largest absolute Gasteiger partial charge is 0.507 e. The molecular weight excluding hydrogens is 332 g/mol. The van der Waals surface area contributed by atoms with Crippen LogP contribution in [0.15, 0.2) is 71.7 Å². The highest BCUT2D eigenvalue weighted by Gasteiger charge is 2.24. The Labute approximate surface area is 151 Å². The molecule has 0 aromatic heterocycles. The summed E-state index contributed by atoms with van der Waals surface area (Å²) in [5.74, 6) is -2.74. The monoisotopic (exact) mass is 351 g/mol. The zero-order valence-corrected chi connectivity index (χ0v) is 14.6. The molecule has 132 valence electrons. The van der Waals surface area contributed by atoms with Crippen molar-refractivity contribution in [3.8, 4) is 16.9 Å². The highest BCUT2D eigenvalue weighted by molar-refractivity contribution is 5.90. The molecule has 0 bridgehead atoms. The minimum Gasteiger partial charge on any atom is -0.507 e. The number of halogens is 2. The lowest BCUT2D eigenvalue weighted by Crippen LogP contribution is -2.06. The van der Waals surface area contributed by atoms with E-state index < -0.39 is 5.92 Å². The van der Waals surface area contributed by atoms with Gasteiger partial charge in [-0.25, -0.2) is 8.78 Å². The number of hydrogen-bond donors (Lipinski definition) is 1. The molecule has 0 fully saturated rings. The number of nitrogens with zero attached hydrogens (tertiary/aromatic N) is 1. The Morgan fingerprint density at radius 2 is 1.69 bits per heavy atom.